The van der Waals surface area contributed by atoms with Gasteiger partial charge in [-0.15, -0.1) is 0 Å². The number of carboxylic acid groups (broad SMARTS) is 1. The number of nitrogens with one attached hydrogen (secondary N) is 1. The van der Waals surface area contributed by atoms with E-state index in [2.05, 4.69) is 5.32 Å². The van der Waals surface area contributed by atoms with E-state index in [-0.39, 0.29) is 12.2 Å². The van der Waals surface area contributed by atoms with Crippen LogP contribution in [0.4, 0.5) is 0 Å². The third-order valence-electron chi connectivity index (χ3n) is 6.27. The molecule has 0 saturated carbocycles. The van der Waals surface area contributed by atoms with Gasteiger partial charge in [0.1, 0.15) is 24.0 Å². The average molecular weight is 546 g/mol. The molecule has 0 radical (unpaired) electrons. The molecule has 0 aliphatic rings. The summed E-state index contributed by atoms with van der Waals surface area (Å²) < 4.78 is 11.7. The zero-order valence-corrected chi connectivity index (χ0v) is 22.0. The van der Waals surface area contributed by atoms with E-state index in [1.54, 1.807) is 42.5 Å². The van der Waals surface area contributed by atoms with Gasteiger partial charge in [-0.25, -0.2) is 4.79 Å². The first kappa shape index (κ1) is 25.6. The van der Waals surface area contributed by atoms with Crippen molar-refractivity contribution in [1.82, 2.24) is 5.32 Å². The first-order valence-corrected chi connectivity index (χ1v) is 13.2. The number of amides is 1. The number of ether oxygens (including phenoxy) is 1. The van der Waals surface area contributed by atoms with E-state index >= 15 is 0 Å². The zero-order chi connectivity index (χ0) is 26.6. The van der Waals surface area contributed by atoms with Gasteiger partial charge in [-0.1, -0.05) is 48.0 Å². The van der Waals surface area contributed by atoms with E-state index in [4.69, 9.17) is 20.8 Å². The topological polar surface area (TPSA) is 88.8 Å². The molecule has 2 N–H and O–H groups in total. The van der Waals surface area contributed by atoms with Crippen LogP contribution in [-0.4, -0.2) is 23.0 Å². The predicted molar refractivity (Wildman–Crippen MR) is 149 cm³/mol. The highest BCUT2D eigenvalue weighted by atomic mass is 35.5. The number of halogens is 1. The number of hydrogen-bond acceptors (Lipinski definition) is 5. The molecular weight excluding hydrogens is 522 g/mol. The lowest BCUT2D eigenvalue weighted by Gasteiger charge is -2.14. The summed E-state index contributed by atoms with van der Waals surface area (Å²) in [5, 5.41) is 17.9. The number of aliphatic carboxylic acids is 1. The van der Waals surface area contributed by atoms with Crippen LogP contribution in [0.5, 0.6) is 5.75 Å². The van der Waals surface area contributed by atoms with Gasteiger partial charge in [0.25, 0.3) is 5.91 Å². The summed E-state index contributed by atoms with van der Waals surface area (Å²) >= 11 is 7.61. The highest BCUT2D eigenvalue weighted by Gasteiger charge is 2.25. The average Bonchev–Trinajstić information content (AvgIpc) is 3.56. The SMILES string of the molecule is Cc1c(C(=O)NC(Cc2ccc(OCc3ccsc3)cc2)C(=O)O)oc2cc(-c3ccc(Cl)cc3)ccc12. The zero-order valence-electron chi connectivity index (χ0n) is 20.4. The molecule has 1 atom stereocenters. The van der Waals surface area contributed by atoms with Crippen molar-refractivity contribution in [3.63, 3.8) is 0 Å². The minimum absolute atomic E-state index is 0.0942. The van der Waals surface area contributed by atoms with Crippen molar-refractivity contribution < 1.29 is 23.8 Å². The van der Waals surface area contributed by atoms with Gasteiger partial charge in [-0.05, 0) is 76.3 Å². The molecule has 0 spiro atoms. The summed E-state index contributed by atoms with van der Waals surface area (Å²) in [5.41, 5.74) is 4.93. The van der Waals surface area contributed by atoms with E-state index in [9.17, 15) is 14.7 Å². The van der Waals surface area contributed by atoms with Crippen molar-refractivity contribution >= 4 is 45.8 Å². The first-order chi connectivity index (χ1) is 18.4. The molecule has 3 aromatic carbocycles. The van der Waals surface area contributed by atoms with Crippen molar-refractivity contribution in [3.8, 4) is 16.9 Å². The summed E-state index contributed by atoms with van der Waals surface area (Å²) in [6.45, 7) is 2.25. The minimum Gasteiger partial charge on any atom is -0.489 e. The number of aryl methyl sites for hydroxylation is 1. The van der Waals surface area contributed by atoms with E-state index in [1.807, 2.05) is 59.3 Å². The number of carbonyl (C=O) groups excluding carboxylic acids is 1. The van der Waals surface area contributed by atoms with Crippen LogP contribution in [0, 0.1) is 6.92 Å². The van der Waals surface area contributed by atoms with E-state index in [1.165, 1.54) is 0 Å². The fourth-order valence-electron chi connectivity index (χ4n) is 4.19. The third-order valence-corrected chi connectivity index (χ3v) is 7.26. The molecule has 1 unspecified atom stereocenters. The molecule has 0 bridgehead atoms. The highest BCUT2D eigenvalue weighted by molar-refractivity contribution is 7.07. The van der Waals surface area contributed by atoms with Gasteiger partial charge >= 0.3 is 5.97 Å². The summed E-state index contributed by atoms with van der Waals surface area (Å²) in [6.07, 6.45) is 0.117. The van der Waals surface area contributed by atoms with Crippen LogP contribution < -0.4 is 10.1 Å². The molecule has 0 aliphatic heterocycles. The van der Waals surface area contributed by atoms with Crippen LogP contribution in [0.1, 0.15) is 27.2 Å². The molecule has 1 amide bonds. The van der Waals surface area contributed by atoms with Gasteiger partial charge in [-0.2, -0.15) is 11.3 Å². The Morgan fingerprint density at radius 1 is 1.00 bits per heavy atom. The van der Waals surface area contributed by atoms with Crippen LogP contribution in [-0.2, 0) is 17.8 Å². The highest BCUT2D eigenvalue weighted by Crippen LogP contribution is 2.30. The number of hydrogen-bond donors (Lipinski definition) is 2. The molecule has 8 heteroatoms. The summed E-state index contributed by atoms with van der Waals surface area (Å²) in [7, 11) is 0. The Bertz CT molecular complexity index is 1570. The quantitative estimate of drug-likeness (QED) is 0.206. The van der Waals surface area contributed by atoms with Crippen LogP contribution in [0.15, 0.2) is 88.0 Å². The van der Waals surface area contributed by atoms with Gasteiger partial charge in [0, 0.05) is 22.4 Å². The maximum atomic E-state index is 13.1. The van der Waals surface area contributed by atoms with Crippen molar-refractivity contribution in [2.24, 2.45) is 0 Å². The molecule has 192 valence electrons. The smallest absolute Gasteiger partial charge is 0.326 e. The Morgan fingerprint density at radius 3 is 2.42 bits per heavy atom. The minimum atomic E-state index is -1.13. The summed E-state index contributed by atoms with van der Waals surface area (Å²) in [5.74, 6) is -0.923. The van der Waals surface area contributed by atoms with E-state index in [0.29, 0.717) is 28.5 Å². The Kier molecular flexibility index (Phi) is 7.49. The Morgan fingerprint density at radius 2 is 1.74 bits per heavy atom. The fourth-order valence-corrected chi connectivity index (χ4v) is 4.97. The molecule has 6 nitrogen and oxygen atoms in total. The number of thiophene rings is 1. The number of furan rings is 1. The Hall–Kier alpha value is -4.07. The Balaban J connectivity index is 1.28. The summed E-state index contributed by atoms with van der Waals surface area (Å²) in [4.78, 5) is 25.1. The number of benzene rings is 3. The van der Waals surface area contributed by atoms with Crippen LogP contribution in [0.3, 0.4) is 0 Å². The number of fused-ring (bicyclic) bond motifs is 1. The maximum absolute atomic E-state index is 13.1. The molecular formula is C30H24ClNO5S. The molecule has 0 aliphatic carbocycles. The molecule has 5 rings (SSSR count). The molecule has 5 aromatic rings. The van der Waals surface area contributed by atoms with Crippen molar-refractivity contribution in [3.05, 3.63) is 111 Å². The molecule has 2 aromatic heterocycles. The lowest BCUT2D eigenvalue weighted by molar-refractivity contribution is -0.139. The fraction of sp³-hybridized carbons (Fsp3) is 0.133. The molecule has 2 heterocycles. The third kappa shape index (κ3) is 5.74. The van der Waals surface area contributed by atoms with Gasteiger partial charge < -0.3 is 19.6 Å². The second-order valence-corrected chi connectivity index (χ2v) is 10.1. The summed E-state index contributed by atoms with van der Waals surface area (Å²) in [6, 6.07) is 21.2. The molecule has 0 saturated heterocycles. The lowest BCUT2D eigenvalue weighted by Crippen LogP contribution is -2.42. The number of carbonyl (C=O) groups is 2. The van der Waals surface area contributed by atoms with Gasteiger partial charge in [0.05, 0.1) is 0 Å². The second-order valence-electron chi connectivity index (χ2n) is 8.91. The monoisotopic (exact) mass is 545 g/mol. The standard InChI is InChI=1S/C30H24ClNO5S/c1-18-25-11-6-22(21-4-7-23(31)8-5-21)15-27(25)37-28(18)29(33)32-26(30(34)35)14-19-2-9-24(10-3-19)36-16-20-12-13-38-17-20/h2-13,15,17,26H,14,16H2,1H3,(H,32,33)(H,34,35). The van der Waals surface area contributed by atoms with Crippen LogP contribution in [0.25, 0.3) is 22.1 Å². The molecule has 0 fully saturated rings. The largest absolute Gasteiger partial charge is 0.489 e. The van der Waals surface area contributed by atoms with Gasteiger partial charge in [-0.3, -0.25) is 4.79 Å². The van der Waals surface area contributed by atoms with Crippen molar-refractivity contribution in [2.75, 3.05) is 0 Å². The lowest BCUT2D eigenvalue weighted by atomic mass is 10.0. The first-order valence-electron chi connectivity index (χ1n) is 11.9. The van der Waals surface area contributed by atoms with Crippen molar-refractivity contribution in [1.29, 1.82) is 0 Å². The number of carboxylic acids is 1. The van der Waals surface area contributed by atoms with E-state index in [0.717, 1.165) is 27.6 Å². The number of rotatable bonds is 9. The normalized spacial score (nSPS) is 11.8. The van der Waals surface area contributed by atoms with Gasteiger partial charge in [0.2, 0.25) is 0 Å². The molecule has 38 heavy (non-hydrogen) atoms. The van der Waals surface area contributed by atoms with Gasteiger partial charge in [0.15, 0.2) is 5.76 Å². The second kappa shape index (κ2) is 11.1. The predicted octanol–water partition coefficient (Wildman–Crippen LogP) is 7.13. The van der Waals surface area contributed by atoms with Crippen molar-refractivity contribution in [2.45, 2.75) is 26.0 Å². The van der Waals surface area contributed by atoms with Crippen LogP contribution >= 0.6 is 22.9 Å². The van der Waals surface area contributed by atoms with E-state index < -0.39 is 17.9 Å². The Labute approximate surface area is 228 Å². The maximum Gasteiger partial charge on any atom is 0.326 e. The van der Waals surface area contributed by atoms with Crippen LogP contribution in [0.2, 0.25) is 5.02 Å².